The van der Waals surface area contributed by atoms with Crippen LogP contribution in [0.5, 0.6) is 0 Å². The number of halogens is 1. The highest BCUT2D eigenvalue weighted by atomic mass is 79.9. The van der Waals surface area contributed by atoms with Crippen LogP contribution in [0, 0.1) is 6.92 Å². The lowest BCUT2D eigenvalue weighted by atomic mass is 10.1. The summed E-state index contributed by atoms with van der Waals surface area (Å²) in [6.07, 6.45) is 4.15. The van der Waals surface area contributed by atoms with Crippen LogP contribution in [0.3, 0.4) is 0 Å². The Kier molecular flexibility index (Phi) is 5.13. The molecule has 0 bridgehead atoms. The zero-order valence-electron chi connectivity index (χ0n) is 13.2. The minimum atomic E-state index is -0.130. The molecule has 2 N–H and O–H groups in total. The van der Waals surface area contributed by atoms with Crippen molar-refractivity contribution in [1.82, 2.24) is 20.4 Å². The van der Waals surface area contributed by atoms with Crippen LogP contribution in [0.4, 0.5) is 0 Å². The SMILES string of the molecule is Cc1cc(Br)ccc1CNC(=O)c1ccn(C2CCCNC2)n1. The summed E-state index contributed by atoms with van der Waals surface area (Å²) in [5.74, 6) is -0.130. The highest BCUT2D eigenvalue weighted by Gasteiger charge is 2.17. The number of hydrogen-bond acceptors (Lipinski definition) is 3. The summed E-state index contributed by atoms with van der Waals surface area (Å²) in [4.78, 5) is 12.3. The van der Waals surface area contributed by atoms with Crippen LogP contribution in [0.15, 0.2) is 34.9 Å². The molecule has 0 saturated carbocycles. The van der Waals surface area contributed by atoms with E-state index in [-0.39, 0.29) is 5.91 Å². The molecule has 1 unspecified atom stereocenters. The van der Waals surface area contributed by atoms with Gasteiger partial charge in [-0.25, -0.2) is 0 Å². The Bertz CT molecular complexity index is 692. The van der Waals surface area contributed by atoms with Crippen LogP contribution >= 0.6 is 15.9 Å². The van der Waals surface area contributed by atoms with Gasteiger partial charge < -0.3 is 10.6 Å². The third kappa shape index (κ3) is 4.00. The first-order valence-electron chi connectivity index (χ1n) is 7.92. The van der Waals surface area contributed by atoms with Crippen molar-refractivity contribution in [3.05, 3.63) is 51.8 Å². The molecule has 122 valence electrons. The van der Waals surface area contributed by atoms with Gasteiger partial charge >= 0.3 is 0 Å². The molecule has 1 saturated heterocycles. The molecule has 1 atom stereocenters. The van der Waals surface area contributed by atoms with E-state index in [4.69, 9.17) is 0 Å². The van der Waals surface area contributed by atoms with Gasteiger partial charge in [0.25, 0.3) is 5.91 Å². The molecular weight excluding hydrogens is 356 g/mol. The monoisotopic (exact) mass is 376 g/mol. The zero-order valence-corrected chi connectivity index (χ0v) is 14.8. The van der Waals surface area contributed by atoms with E-state index in [9.17, 15) is 4.79 Å². The van der Waals surface area contributed by atoms with E-state index in [1.165, 1.54) is 0 Å². The number of nitrogens with one attached hydrogen (secondary N) is 2. The Balaban J connectivity index is 1.61. The summed E-state index contributed by atoms with van der Waals surface area (Å²) < 4.78 is 2.95. The Hall–Kier alpha value is -1.66. The van der Waals surface area contributed by atoms with E-state index < -0.39 is 0 Å². The average molecular weight is 377 g/mol. The summed E-state index contributed by atoms with van der Waals surface area (Å²) in [7, 11) is 0. The number of aryl methyl sites for hydroxylation is 1. The normalized spacial score (nSPS) is 17.9. The standard InChI is InChI=1S/C17H21BrN4O/c1-12-9-14(18)5-4-13(12)10-20-17(23)16-6-8-22(21-16)15-3-2-7-19-11-15/h4-6,8-9,15,19H,2-3,7,10-11H2,1H3,(H,20,23). The lowest BCUT2D eigenvalue weighted by Crippen LogP contribution is -2.32. The van der Waals surface area contributed by atoms with Gasteiger partial charge in [-0.15, -0.1) is 0 Å². The first-order valence-corrected chi connectivity index (χ1v) is 8.72. The van der Waals surface area contributed by atoms with Crippen molar-refractivity contribution in [2.75, 3.05) is 13.1 Å². The van der Waals surface area contributed by atoms with Gasteiger partial charge in [0.05, 0.1) is 6.04 Å². The predicted molar refractivity (Wildman–Crippen MR) is 93.4 cm³/mol. The number of nitrogens with zero attached hydrogens (tertiary/aromatic N) is 2. The van der Waals surface area contributed by atoms with Crippen LogP contribution in [-0.2, 0) is 6.54 Å². The maximum Gasteiger partial charge on any atom is 0.272 e. The van der Waals surface area contributed by atoms with Crippen molar-refractivity contribution >= 4 is 21.8 Å². The second-order valence-corrected chi connectivity index (χ2v) is 6.85. The number of carbonyl (C=O) groups excluding carboxylic acids is 1. The lowest BCUT2D eigenvalue weighted by Gasteiger charge is -2.22. The maximum absolute atomic E-state index is 12.3. The molecule has 5 nitrogen and oxygen atoms in total. The summed E-state index contributed by atoms with van der Waals surface area (Å²) in [6, 6.07) is 8.19. The zero-order chi connectivity index (χ0) is 16.2. The van der Waals surface area contributed by atoms with Crippen molar-refractivity contribution in [1.29, 1.82) is 0 Å². The molecule has 3 rings (SSSR count). The highest BCUT2D eigenvalue weighted by molar-refractivity contribution is 9.10. The molecule has 0 aliphatic carbocycles. The molecule has 0 radical (unpaired) electrons. The number of carbonyl (C=O) groups is 1. The molecule has 1 aromatic carbocycles. The molecule has 1 aliphatic rings. The van der Waals surface area contributed by atoms with Crippen LogP contribution < -0.4 is 10.6 Å². The summed E-state index contributed by atoms with van der Waals surface area (Å²) in [5, 5.41) is 10.7. The fraction of sp³-hybridized carbons (Fsp3) is 0.412. The number of amides is 1. The highest BCUT2D eigenvalue weighted by Crippen LogP contribution is 2.17. The van der Waals surface area contributed by atoms with Crippen LogP contribution in [0.2, 0.25) is 0 Å². The van der Waals surface area contributed by atoms with Gasteiger partial charge in [-0.1, -0.05) is 22.0 Å². The van der Waals surface area contributed by atoms with Crippen molar-refractivity contribution in [3.63, 3.8) is 0 Å². The van der Waals surface area contributed by atoms with E-state index in [2.05, 4.69) is 31.7 Å². The Morgan fingerprint density at radius 1 is 1.48 bits per heavy atom. The second kappa shape index (κ2) is 7.27. The van der Waals surface area contributed by atoms with Crippen LogP contribution in [-0.4, -0.2) is 28.8 Å². The van der Waals surface area contributed by atoms with E-state index in [0.29, 0.717) is 18.3 Å². The number of benzene rings is 1. The third-order valence-electron chi connectivity index (χ3n) is 4.23. The van der Waals surface area contributed by atoms with E-state index in [1.54, 1.807) is 6.07 Å². The number of hydrogen-bond donors (Lipinski definition) is 2. The molecule has 1 fully saturated rings. The molecule has 1 aliphatic heterocycles. The minimum absolute atomic E-state index is 0.130. The number of aromatic nitrogens is 2. The molecule has 23 heavy (non-hydrogen) atoms. The fourth-order valence-electron chi connectivity index (χ4n) is 2.85. The van der Waals surface area contributed by atoms with Gasteiger partial charge in [-0.3, -0.25) is 9.48 Å². The second-order valence-electron chi connectivity index (χ2n) is 5.93. The van der Waals surface area contributed by atoms with Gasteiger partial charge in [0.15, 0.2) is 0 Å². The van der Waals surface area contributed by atoms with Crippen molar-refractivity contribution < 1.29 is 4.79 Å². The largest absolute Gasteiger partial charge is 0.347 e. The molecule has 2 aromatic rings. The summed E-state index contributed by atoms with van der Waals surface area (Å²) in [6.45, 7) is 4.53. The average Bonchev–Trinajstić information content (AvgIpc) is 3.05. The van der Waals surface area contributed by atoms with Crippen molar-refractivity contribution in [3.8, 4) is 0 Å². The minimum Gasteiger partial charge on any atom is -0.347 e. The van der Waals surface area contributed by atoms with Gasteiger partial charge in [0, 0.05) is 23.8 Å². The number of piperidine rings is 1. The molecule has 1 aromatic heterocycles. The van der Waals surface area contributed by atoms with Crippen molar-refractivity contribution in [2.45, 2.75) is 32.4 Å². The molecule has 1 amide bonds. The van der Waals surface area contributed by atoms with Gasteiger partial charge in [0.1, 0.15) is 5.69 Å². The lowest BCUT2D eigenvalue weighted by molar-refractivity contribution is 0.0944. The number of rotatable bonds is 4. The Morgan fingerprint density at radius 3 is 3.09 bits per heavy atom. The topological polar surface area (TPSA) is 59.0 Å². The summed E-state index contributed by atoms with van der Waals surface area (Å²) in [5.41, 5.74) is 2.74. The first kappa shape index (κ1) is 16.2. The van der Waals surface area contributed by atoms with Gasteiger partial charge in [-0.05, 0) is 55.6 Å². The summed E-state index contributed by atoms with van der Waals surface area (Å²) >= 11 is 3.45. The van der Waals surface area contributed by atoms with Crippen molar-refractivity contribution in [2.24, 2.45) is 0 Å². The smallest absolute Gasteiger partial charge is 0.272 e. The third-order valence-corrected chi connectivity index (χ3v) is 4.72. The van der Waals surface area contributed by atoms with Gasteiger partial charge in [-0.2, -0.15) is 5.10 Å². The Morgan fingerprint density at radius 2 is 2.35 bits per heavy atom. The van der Waals surface area contributed by atoms with Crippen LogP contribution in [0.1, 0.15) is 40.5 Å². The van der Waals surface area contributed by atoms with E-state index in [1.807, 2.05) is 36.0 Å². The molecule has 0 spiro atoms. The van der Waals surface area contributed by atoms with Crippen LogP contribution in [0.25, 0.3) is 0 Å². The predicted octanol–water partition coefficient (Wildman–Crippen LogP) is 2.81. The maximum atomic E-state index is 12.3. The first-order chi connectivity index (χ1) is 11.1. The molecular formula is C17H21BrN4O. The quantitative estimate of drug-likeness (QED) is 0.862. The van der Waals surface area contributed by atoms with E-state index in [0.717, 1.165) is 41.5 Å². The fourth-order valence-corrected chi connectivity index (χ4v) is 3.32. The Labute approximate surface area is 144 Å². The molecule has 2 heterocycles. The molecule has 6 heteroatoms. The van der Waals surface area contributed by atoms with E-state index >= 15 is 0 Å². The van der Waals surface area contributed by atoms with Gasteiger partial charge in [0.2, 0.25) is 0 Å².